The number of anilines is 3. The van der Waals surface area contributed by atoms with Crippen molar-refractivity contribution in [3.8, 4) is 0 Å². The van der Waals surface area contributed by atoms with E-state index in [2.05, 4.69) is 10.7 Å². The molecule has 0 aliphatic heterocycles. The third-order valence-corrected chi connectivity index (χ3v) is 3.82. The Morgan fingerprint density at radius 1 is 1.00 bits per heavy atom. The molecule has 7 heteroatoms. The highest BCUT2D eigenvalue weighted by Gasteiger charge is 2.09. The summed E-state index contributed by atoms with van der Waals surface area (Å²) in [6.45, 7) is 1.61. The monoisotopic (exact) mass is 333 g/mol. The van der Waals surface area contributed by atoms with E-state index in [-0.39, 0.29) is 0 Å². The molecule has 0 atom stereocenters. The summed E-state index contributed by atoms with van der Waals surface area (Å²) in [5.41, 5.74) is 29.1. The lowest BCUT2D eigenvalue weighted by Crippen LogP contribution is -2.12. The zero-order valence-corrected chi connectivity index (χ0v) is 14.2. The van der Waals surface area contributed by atoms with E-state index >= 15 is 0 Å². The number of nitrogen functional groups attached to an aromatic ring is 2. The van der Waals surface area contributed by atoms with Crippen molar-refractivity contribution in [3.63, 3.8) is 0 Å². The number of nitrogens with one attached hydrogen (secondary N) is 2. The summed E-state index contributed by atoms with van der Waals surface area (Å²) in [5.74, 6) is 5.57. The third kappa shape index (κ3) is 6.02. The van der Waals surface area contributed by atoms with Crippen molar-refractivity contribution in [3.05, 3.63) is 36.2 Å². The fourth-order valence-corrected chi connectivity index (χ4v) is 2.46. The van der Waals surface area contributed by atoms with Gasteiger partial charge in [-0.15, -0.1) is 0 Å². The summed E-state index contributed by atoms with van der Waals surface area (Å²) in [5, 5.41) is 3.37. The Labute approximate surface area is 144 Å². The van der Waals surface area contributed by atoms with E-state index in [1.807, 2.05) is 12.1 Å². The molecule has 24 heavy (non-hydrogen) atoms. The van der Waals surface area contributed by atoms with Crippen molar-refractivity contribution in [2.75, 3.05) is 29.6 Å². The highest BCUT2D eigenvalue weighted by atomic mass is 15.2. The minimum atomic E-state index is 0.581. The molecule has 7 nitrogen and oxygen atoms in total. The number of benzene rings is 1. The first-order chi connectivity index (χ1) is 11.7. The van der Waals surface area contributed by atoms with Gasteiger partial charge in [0.1, 0.15) is 0 Å². The Bertz CT molecular complexity index is 552. The average Bonchev–Trinajstić information content (AvgIpc) is 2.60. The number of allylic oxidation sites excluding steroid dienone is 2. The van der Waals surface area contributed by atoms with Crippen molar-refractivity contribution < 1.29 is 0 Å². The van der Waals surface area contributed by atoms with Gasteiger partial charge in [0.05, 0.1) is 17.1 Å². The molecule has 0 fully saturated rings. The van der Waals surface area contributed by atoms with Gasteiger partial charge in [-0.05, 0) is 54.9 Å². The summed E-state index contributed by atoms with van der Waals surface area (Å²) in [7, 11) is 0. The molecule has 0 heterocycles. The van der Waals surface area contributed by atoms with E-state index in [4.69, 9.17) is 28.8 Å². The van der Waals surface area contributed by atoms with Gasteiger partial charge in [-0.25, -0.2) is 0 Å². The molecule has 0 saturated carbocycles. The van der Waals surface area contributed by atoms with Gasteiger partial charge in [0.15, 0.2) is 0 Å². The minimum Gasteiger partial charge on any atom is -0.405 e. The maximum atomic E-state index is 6.15. The number of hydrogen-bond acceptors (Lipinski definition) is 7. The van der Waals surface area contributed by atoms with Crippen LogP contribution in [-0.2, 0) is 0 Å². The molecule has 1 aromatic rings. The maximum absolute atomic E-state index is 6.15. The molecule has 0 bridgehead atoms. The largest absolute Gasteiger partial charge is 0.405 e. The summed E-state index contributed by atoms with van der Waals surface area (Å²) in [4.78, 5) is 0. The van der Waals surface area contributed by atoms with Crippen LogP contribution in [0.5, 0.6) is 0 Å². The second-order valence-electron chi connectivity index (χ2n) is 5.59. The normalized spacial score (nSPS) is 11.8. The summed E-state index contributed by atoms with van der Waals surface area (Å²) >= 11 is 0. The lowest BCUT2D eigenvalue weighted by molar-refractivity contribution is 0.629. The van der Waals surface area contributed by atoms with Gasteiger partial charge in [-0.3, -0.25) is 5.84 Å². The summed E-state index contributed by atoms with van der Waals surface area (Å²) in [6, 6.07) is 3.79. The third-order valence-electron chi connectivity index (χ3n) is 3.82. The van der Waals surface area contributed by atoms with Gasteiger partial charge in [-0.2, -0.15) is 0 Å². The smallest absolute Gasteiger partial charge is 0.0799 e. The fraction of sp³-hybridized carbons (Fsp3) is 0.412. The molecule has 0 aliphatic carbocycles. The molecular formula is C17H31N7. The van der Waals surface area contributed by atoms with E-state index in [1.165, 1.54) is 31.7 Å². The maximum Gasteiger partial charge on any atom is 0.0799 e. The molecule has 1 rings (SSSR count). The van der Waals surface area contributed by atoms with Crippen LogP contribution in [0.4, 0.5) is 17.1 Å². The SMILES string of the molecule is N/C=C\C(=C/N)c1cc(NN)c(N)c(NCCCCCCCN)c1. The molecule has 0 saturated heterocycles. The predicted molar refractivity (Wildman–Crippen MR) is 105 cm³/mol. The van der Waals surface area contributed by atoms with Crippen LogP contribution in [0.1, 0.15) is 37.7 Å². The van der Waals surface area contributed by atoms with Crippen LogP contribution in [0, 0.1) is 0 Å². The Hall–Kier alpha value is -2.38. The van der Waals surface area contributed by atoms with Crippen molar-refractivity contribution in [1.82, 2.24) is 0 Å². The predicted octanol–water partition coefficient (Wildman–Crippen LogP) is 1.65. The van der Waals surface area contributed by atoms with Gasteiger partial charge in [0.25, 0.3) is 0 Å². The van der Waals surface area contributed by atoms with Crippen LogP contribution < -0.4 is 39.5 Å². The molecule has 134 valence electrons. The number of hydrogen-bond donors (Lipinski definition) is 7. The second kappa shape index (κ2) is 11.2. The van der Waals surface area contributed by atoms with Crippen LogP contribution >= 0.6 is 0 Å². The average molecular weight is 333 g/mol. The Morgan fingerprint density at radius 2 is 1.67 bits per heavy atom. The van der Waals surface area contributed by atoms with E-state index < -0.39 is 0 Å². The van der Waals surface area contributed by atoms with Gasteiger partial charge in [0.2, 0.25) is 0 Å². The molecule has 0 radical (unpaired) electrons. The van der Waals surface area contributed by atoms with Crippen LogP contribution in [-0.4, -0.2) is 13.1 Å². The lowest BCUT2D eigenvalue weighted by atomic mass is 10.0. The lowest BCUT2D eigenvalue weighted by Gasteiger charge is -2.16. The van der Waals surface area contributed by atoms with Crippen LogP contribution in [0.15, 0.2) is 30.6 Å². The molecule has 0 aromatic heterocycles. The van der Waals surface area contributed by atoms with Crippen molar-refractivity contribution in [2.45, 2.75) is 32.1 Å². The first kappa shape index (κ1) is 19.7. The quantitative estimate of drug-likeness (QED) is 0.107. The first-order valence-corrected chi connectivity index (χ1v) is 8.32. The van der Waals surface area contributed by atoms with Crippen LogP contribution in [0.3, 0.4) is 0 Å². The van der Waals surface area contributed by atoms with Crippen molar-refractivity contribution in [1.29, 1.82) is 0 Å². The summed E-state index contributed by atoms with van der Waals surface area (Å²) < 4.78 is 0. The highest BCUT2D eigenvalue weighted by molar-refractivity contribution is 5.87. The number of rotatable bonds is 11. The molecule has 0 amide bonds. The molecule has 12 N–H and O–H groups in total. The van der Waals surface area contributed by atoms with Crippen molar-refractivity contribution >= 4 is 22.6 Å². The number of nitrogens with two attached hydrogens (primary N) is 5. The van der Waals surface area contributed by atoms with Gasteiger partial charge in [-0.1, -0.05) is 19.3 Å². The molecule has 0 unspecified atom stereocenters. The zero-order valence-electron chi connectivity index (χ0n) is 14.2. The molecule has 0 aliphatic rings. The topological polar surface area (TPSA) is 154 Å². The molecule has 1 aromatic carbocycles. The van der Waals surface area contributed by atoms with Gasteiger partial charge in [0, 0.05) is 12.7 Å². The molecule has 0 spiro atoms. The highest BCUT2D eigenvalue weighted by Crippen LogP contribution is 2.32. The first-order valence-electron chi connectivity index (χ1n) is 8.32. The van der Waals surface area contributed by atoms with Crippen LogP contribution in [0.25, 0.3) is 5.57 Å². The minimum absolute atomic E-state index is 0.581. The van der Waals surface area contributed by atoms with E-state index in [9.17, 15) is 0 Å². The number of hydrazine groups is 1. The zero-order chi connectivity index (χ0) is 17.8. The van der Waals surface area contributed by atoms with Crippen LogP contribution in [0.2, 0.25) is 0 Å². The molecular weight excluding hydrogens is 302 g/mol. The van der Waals surface area contributed by atoms with Crippen molar-refractivity contribution in [2.24, 2.45) is 23.0 Å². The Morgan fingerprint density at radius 3 is 2.29 bits per heavy atom. The second-order valence-corrected chi connectivity index (χ2v) is 5.59. The van der Waals surface area contributed by atoms with E-state index in [0.717, 1.165) is 42.8 Å². The Kier molecular flexibility index (Phi) is 9.18. The Balaban J connectivity index is 2.75. The van der Waals surface area contributed by atoms with E-state index in [1.54, 1.807) is 6.08 Å². The standard InChI is InChI=1S/C17H31N7/c18-7-4-2-1-3-5-9-23-15-10-14(13(12-20)6-8-19)11-16(24-22)17(15)21/h6,8,10-12,23-24H,1-5,7,9,18-22H2/b8-6-,13-12+. The fourth-order valence-electron chi connectivity index (χ4n) is 2.46. The van der Waals surface area contributed by atoms with Gasteiger partial charge < -0.3 is 33.7 Å². The summed E-state index contributed by atoms with van der Waals surface area (Å²) in [6.07, 6.45) is 10.4. The van der Waals surface area contributed by atoms with Gasteiger partial charge >= 0.3 is 0 Å². The van der Waals surface area contributed by atoms with E-state index in [0.29, 0.717) is 11.4 Å². The number of unbranched alkanes of at least 4 members (excludes halogenated alkanes) is 4.